The summed E-state index contributed by atoms with van der Waals surface area (Å²) in [5.41, 5.74) is 3.38. The van der Waals surface area contributed by atoms with Crippen molar-refractivity contribution in [3.63, 3.8) is 0 Å². The number of esters is 1. The Bertz CT molecular complexity index is 3390. The molecule has 3 aliphatic rings. The number of aliphatic hydroxyl groups is 10. The quantitative estimate of drug-likeness (QED) is 0.0143. The molecule has 0 saturated carbocycles. The monoisotopic (exact) mass is 1640 g/mol. The molecule has 0 bridgehead atoms. The third-order valence-corrected chi connectivity index (χ3v) is 20.8. The molecule has 3 aromatic carbocycles. The van der Waals surface area contributed by atoms with Crippen LogP contribution in [-0.2, 0) is 78.1 Å². The average molecular weight is 1640 g/mol. The van der Waals surface area contributed by atoms with Gasteiger partial charge in [0.2, 0.25) is 29.4 Å². The number of hydrogen-bond donors (Lipinski definition) is 14. The zero-order valence-electron chi connectivity index (χ0n) is 67.2. The fraction of sp³-hybridized carbons (Fsp3) is 0.682. The lowest BCUT2D eigenvalue weighted by Gasteiger charge is -2.52. The van der Waals surface area contributed by atoms with Crippen LogP contribution in [0.25, 0.3) is 11.1 Å². The summed E-state index contributed by atoms with van der Waals surface area (Å²) in [5, 5.41) is 118. The van der Waals surface area contributed by atoms with Crippen molar-refractivity contribution in [3.8, 4) is 16.9 Å². The van der Waals surface area contributed by atoms with Crippen LogP contribution < -0.4 is 26.0 Å². The van der Waals surface area contributed by atoms with Crippen LogP contribution in [0.3, 0.4) is 0 Å². The predicted octanol–water partition coefficient (Wildman–Crippen LogP) is 5.52. The van der Waals surface area contributed by atoms with Crippen molar-refractivity contribution in [3.05, 3.63) is 90.0 Å². The van der Waals surface area contributed by atoms with Crippen molar-refractivity contribution in [1.29, 1.82) is 0 Å². The van der Waals surface area contributed by atoms with E-state index in [4.69, 9.17) is 37.9 Å². The van der Waals surface area contributed by atoms with Gasteiger partial charge in [-0.05, 0) is 125 Å². The van der Waals surface area contributed by atoms with E-state index in [1.165, 1.54) is 0 Å². The third kappa shape index (κ3) is 35.4. The molecule has 0 aliphatic carbocycles. The van der Waals surface area contributed by atoms with Gasteiger partial charge in [-0.1, -0.05) is 118 Å². The first kappa shape index (κ1) is 97.7. The molecule has 6 rings (SSSR count). The van der Waals surface area contributed by atoms with Crippen molar-refractivity contribution in [2.75, 3.05) is 52.7 Å². The molecule has 15 atom stereocenters. The highest BCUT2D eigenvalue weighted by Gasteiger charge is 2.61. The molecule has 0 spiro atoms. The van der Waals surface area contributed by atoms with Crippen LogP contribution in [0.1, 0.15) is 235 Å². The molecule has 14 N–H and O–H groups in total. The van der Waals surface area contributed by atoms with Gasteiger partial charge in [-0.3, -0.25) is 43.2 Å². The zero-order chi connectivity index (χ0) is 84.0. The minimum absolute atomic E-state index is 0.0123. The van der Waals surface area contributed by atoms with Crippen molar-refractivity contribution >= 4 is 52.7 Å². The number of amides is 4. The summed E-state index contributed by atoms with van der Waals surface area (Å²) in [6, 6.07) is 22.9. The standard InChI is InChI=1S/C85H128N4O27/c1-57(93)89-74-81(107)85(108,116-84-79(106)80(76(103)68(53-91)113-84)115-83-78(105)77(104)75(102)67(52-90)112-83)69(54-92)114-82(74)109-50-27-23-36-63(95)35-17-10-25-48-86-70(98)40-20-6-3-15-37-64(96)56-110-65-45-43-59(44-46-65)60-31-28-32-61(51-60)66(97)38-18-4-7-21-41-72(100)87-47-24-9-16-34-62(94)33-14-2-5-19-39-71(99)88-49-26-11-22-42-73(101)111-55-58-29-12-8-13-30-58/h8,12-13,28-32,43-46,51,67-69,74-84,90-92,102-108H,2-7,9-11,14-27,33-42,47-50,52-56H2,1H3,(H,86,98)(H,87,100)(H,88,99)(H,89,93)/t67?,68?,69?,74?,75-,76-,77-,78?,79?,80-,81+,82+,83+,84-,85+/m0/s1. The van der Waals surface area contributed by atoms with Crippen LogP contribution in [0.15, 0.2) is 78.9 Å². The van der Waals surface area contributed by atoms with Crippen LogP contribution in [0, 0.1) is 0 Å². The van der Waals surface area contributed by atoms with Crippen LogP contribution >= 0.6 is 0 Å². The highest BCUT2D eigenvalue weighted by atomic mass is 16.8. The molecule has 3 fully saturated rings. The predicted molar refractivity (Wildman–Crippen MR) is 422 cm³/mol. The minimum Gasteiger partial charge on any atom is -0.486 e. The van der Waals surface area contributed by atoms with Crippen LogP contribution in [-0.4, -0.2) is 248 Å². The fourth-order valence-corrected chi connectivity index (χ4v) is 13.9. The summed E-state index contributed by atoms with van der Waals surface area (Å²) in [5.74, 6) is -3.11. The van der Waals surface area contributed by atoms with Gasteiger partial charge in [0, 0.05) is 103 Å². The summed E-state index contributed by atoms with van der Waals surface area (Å²) in [4.78, 5) is 112. The van der Waals surface area contributed by atoms with E-state index in [-0.39, 0.29) is 73.1 Å². The van der Waals surface area contributed by atoms with E-state index in [0.29, 0.717) is 134 Å². The molecule has 3 heterocycles. The Morgan fingerprint density at radius 2 is 0.940 bits per heavy atom. The smallest absolute Gasteiger partial charge is 0.306 e. The van der Waals surface area contributed by atoms with Gasteiger partial charge in [0.15, 0.2) is 30.4 Å². The van der Waals surface area contributed by atoms with Crippen LogP contribution in [0.5, 0.6) is 5.75 Å². The number of carbonyl (C=O) groups excluding carboxylic acids is 9. The zero-order valence-corrected chi connectivity index (χ0v) is 67.2. The molecule has 31 nitrogen and oxygen atoms in total. The second-order valence-electron chi connectivity index (χ2n) is 30.4. The second kappa shape index (κ2) is 54.8. The molecule has 4 amide bonds. The summed E-state index contributed by atoms with van der Waals surface area (Å²) in [7, 11) is 0. The summed E-state index contributed by atoms with van der Waals surface area (Å²) in [6.45, 7) is 0.0789. The molecular formula is C85H128N4O27. The Morgan fingerprint density at radius 3 is 1.47 bits per heavy atom. The lowest BCUT2D eigenvalue weighted by molar-refractivity contribution is -0.436. The number of benzene rings is 3. The molecule has 0 aromatic heterocycles. The number of ketones is 4. The Kier molecular flexibility index (Phi) is 46.2. The number of ether oxygens (including phenoxy) is 8. The molecule has 116 heavy (non-hydrogen) atoms. The largest absolute Gasteiger partial charge is 0.486 e. The number of rotatable bonds is 60. The summed E-state index contributed by atoms with van der Waals surface area (Å²) in [6.07, 6.45) is -3.07. The molecule has 3 aliphatic heterocycles. The van der Waals surface area contributed by atoms with Crippen molar-refractivity contribution < 1.29 is 132 Å². The molecule has 3 aromatic rings. The molecule has 0 radical (unpaired) electrons. The number of nitrogens with one attached hydrogen (secondary N) is 4. The van der Waals surface area contributed by atoms with Gasteiger partial charge < -0.3 is 110 Å². The van der Waals surface area contributed by atoms with E-state index >= 15 is 0 Å². The van der Waals surface area contributed by atoms with Gasteiger partial charge in [-0.15, -0.1) is 0 Å². The van der Waals surface area contributed by atoms with E-state index in [1.54, 1.807) is 12.1 Å². The van der Waals surface area contributed by atoms with Crippen LogP contribution in [0.2, 0.25) is 0 Å². The number of unbranched alkanes of at least 4 members (excludes halogenated alkanes) is 16. The van der Waals surface area contributed by atoms with E-state index in [9.17, 15) is 94.2 Å². The van der Waals surface area contributed by atoms with E-state index in [2.05, 4.69) is 21.3 Å². The van der Waals surface area contributed by atoms with Gasteiger partial charge in [0.1, 0.15) is 97.6 Å². The van der Waals surface area contributed by atoms with Crippen molar-refractivity contribution in [2.24, 2.45) is 0 Å². The maximum Gasteiger partial charge on any atom is 0.306 e. The first-order valence-corrected chi connectivity index (χ1v) is 41.7. The number of carbonyl (C=O) groups is 9. The Balaban J connectivity index is 0.707. The maximum absolute atomic E-state index is 13.2. The summed E-state index contributed by atoms with van der Waals surface area (Å²) >= 11 is 0. The van der Waals surface area contributed by atoms with E-state index < -0.39 is 117 Å². The van der Waals surface area contributed by atoms with Gasteiger partial charge in [0.05, 0.1) is 19.8 Å². The first-order valence-electron chi connectivity index (χ1n) is 41.7. The highest BCUT2D eigenvalue weighted by Crippen LogP contribution is 2.38. The van der Waals surface area contributed by atoms with Gasteiger partial charge >= 0.3 is 5.97 Å². The lowest BCUT2D eigenvalue weighted by atomic mass is 9.92. The van der Waals surface area contributed by atoms with Gasteiger partial charge in [-0.2, -0.15) is 0 Å². The second-order valence-corrected chi connectivity index (χ2v) is 30.4. The van der Waals surface area contributed by atoms with Gasteiger partial charge in [-0.25, -0.2) is 0 Å². The minimum atomic E-state index is -3.02. The Hall–Kier alpha value is -7.15. The lowest BCUT2D eigenvalue weighted by Crippen LogP contribution is -2.74. The Labute approximate surface area is 679 Å². The van der Waals surface area contributed by atoms with Crippen LogP contribution in [0.4, 0.5) is 0 Å². The first-order chi connectivity index (χ1) is 55.9. The normalized spacial score (nSPS) is 23.9. The summed E-state index contributed by atoms with van der Waals surface area (Å²) < 4.78 is 44.8. The fourth-order valence-electron chi connectivity index (χ4n) is 13.9. The highest BCUT2D eigenvalue weighted by molar-refractivity contribution is 5.97. The topological polar surface area (TPSA) is 478 Å². The van der Waals surface area contributed by atoms with Crippen molar-refractivity contribution in [2.45, 2.75) is 317 Å². The molecule has 6 unspecified atom stereocenters. The Morgan fingerprint density at radius 1 is 0.448 bits per heavy atom. The number of Topliss-reactive ketones (excluding diaryl/α,β-unsaturated/α-hetero) is 4. The van der Waals surface area contributed by atoms with Gasteiger partial charge in [0.25, 0.3) is 0 Å². The molecule has 3 saturated heterocycles. The third-order valence-electron chi connectivity index (χ3n) is 20.8. The van der Waals surface area contributed by atoms with E-state index in [0.717, 1.165) is 126 Å². The number of hydrogen-bond acceptors (Lipinski definition) is 27. The maximum atomic E-state index is 13.2. The average Bonchev–Trinajstić information content (AvgIpc) is 0.750. The SMILES string of the molecule is CC(=O)NC1[C@H](OCCCCC(=O)CCCCCNC(=O)CCCCCCC(=O)COc2ccc(-c3cccc(C(=O)CCCCCCC(=O)NCCCCCC(=O)CCCCCCC(=O)NCCCCCC(=O)OCc4ccccc4)c3)cc2)OC(CO)[C@@](O)(O[C@@H]2OC(CO)[C@H](O)[C@H](O[C@H]3OC(CO)[C@H](O)[C@H](O)C3O)C2O)[C@@H]1O. The molecular weight excluding hydrogens is 1510 g/mol. The van der Waals surface area contributed by atoms with E-state index in [1.807, 2.05) is 66.7 Å². The molecule has 31 heteroatoms. The number of aliphatic hydroxyl groups excluding tert-OH is 9. The van der Waals surface area contributed by atoms with Crippen molar-refractivity contribution in [1.82, 2.24) is 21.3 Å². The molecule has 650 valence electrons.